The van der Waals surface area contributed by atoms with Crippen LogP contribution >= 0.6 is 0 Å². The predicted octanol–water partition coefficient (Wildman–Crippen LogP) is 3.08. The molecule has 1 heterocycles. The van der Waals surface area contributed by atoms with Crippen molar-refractivity contribution in [2.45, 2.75) is 26.3 Å². The average Bonchev–Trinajstić information content (AvgIpc) is 2.57. The van der Waals surface area contributed by atoms with E-state index in [-0.39, 0.29) is 12.1 Å². The first-order valence-corrected chi connectivity index (χ1v) is 7.86. The Bertz CT molecular complexity index is 599. The maximum Gasteiger partial charge on any atom is 0.315 e. The van der Waals surface area contributed by atoms with Crippen molar-refractivity contribution < 1.29 is 9.53 Å². The van der Waals surface area contributed by atoms with Gasteiger partial charge in [0.05, 0.1) is 12.6 Å². The number of amides is 2. The van der Waals surface area contributed by atoms with Crippen molar-refractivity contribution in [1.82, 2.24) is 15.6 Å². The molecule has 0 aliphatic rings. The van der Waals surface area contributed by atoms with Gasteiger partial charge in [-0.25, -0.2) is 4.79 Å². The zero-order chi connectivity index (χ0) is 16.5. The molecule has 5 heteroatoms. The molecule has 0 spiro atoms. The quantitative estimate of drug-likeness (QED) is 0.825. The van der Waals surface area contributed by atoms with Gasteiger partial charge in [-0.2, -0.15) is 0 Å². The monoisotopic (exact) mass is 313 g/mol. The summed E-state index contributed by atoms with van der Waals surface area (Å²) in [5.74, 6) is 0.836. The Morgan fingerprint density at radius 3 is 2.65 bits per heavy atom. The summed E-state index contributed by atoms with van der Waals surface area (Å²) in [5, 5.41) is 5.77. The Labute approximate surface area is 137 Å². The first-order valence-electron chi connectivity index (χ1n) is 7.86. The summed E-state index contributed by atoms with van der Waals surface area (Å²) in [6.45, 7) is 5.10. The third-order valence-electron chi connectivity index (χ3n) is 3.43. The first kappa shape index (κ1) is 16.8. The molecule has 0 radical (unpaired) electrons. The van der Waals surface area contributed by atoms with Gasteiger partial charge >= 0.3 is 6.03 Å². The minimum atomic E-state index is -0.178. The lowest BCUT2D eigenvalue weighted by Gasteiger charge is -2.15. The number of pyridine rings is 1. The van der Waals surface area contributed by atoms with Crippen molar-refractivity contribution in [2.75, 3.05) is 13.2 Å². The van der Waals surface area contributed by atoms with Crippen LogP contribution in [0.5, 0.6) is 5.75 Å². The highest BCUT2D eigenvalue weighted by Crippen LogP contribution is 2.17. The van der Waals surface area contributed by atoms with Gasteiger partial charge in [-0.3, -0.25) is 4.98 Å². The van der Waals surface area contributed by atoms with Gasteiger partial charge in [0, 0.05) is 24.9 Å². The largest absolute Gasteiger partial charge is 0.494 e. The number of benzene rings is 1. The third-order valence-corrected chi connectivity index (χ3v) is 3.43. The second kappa shape index (κ2) is 8.78. The molecule has 23 heavy (non-hydrogen) atoms. The van der Waals surface area contributed by atoms with Crippen LogP contribution in [0, 0.1) is 0 Å². The van der Waals surface area contributed by atoms with Gasteiger partial charge in [0.25, 0.3) is 0 Å². The van der Waals surface area contributed by atoms with E-state index in [1.54, 1.807) is 6.20 Å². The van der Waals surface area contributed by atoms with Crippen LogP contribution in [0.1, 0.15) is 31.1 Å². The minimum Gasteiger partial charge on any atom is -0.494 e. The van der Waals surface area contributed by atoms with Crippen molar-refractivity contribution in [3.05, 3.63) is 59.9 Å². The number of ether oxygens (including phenoxy) is 1. The van der Waals surface area contributed by atoms with Crippen molar-refractivity contribution in [3.63, 3.8) is 0 Å². The van der Waals surface area contributed by atoms with Crippen molar-refractivity contribution in [3.8, 4) is 5.75 Å². The number of carbonyl (C=O) groups excluding carboxylic acids is 1. The number of nitrogens with one attached hydrogen (secondary N) is 2. The lowest BCUT2D eigenvalue weighted by Crippen LogP contribution is -2.38. The van der Waals surface area contributed by atoms with Gasteiger partial charge in [-0.15, -0.1) is 0 Å². The Balaban J connectivity index is 1.75. The highest BCUT2D eigenvalue weighted by molar-refractivity contribution is 5.74. The lowest BCUT2D eigenvalue weighted by atomic mass is 10.1. The Morgan fingerprint density at radius 1 is 1.22 bits per heavy atom. The molecule has 0 saturated carbocycles. The van der Waals surface area contributed by atoms with Crippen LogP contribution in [0.25, 0.3) is 0 Å². The Hall–Kier alpha value is -2.56. The molecule has 5 nitrogen and oxygen atoms in total. The fourth-order valence-corrected chi connectivity index (χ4v) is 2.20. The average molecular weight is 313 g/mol. The molecule has 0 saturated heterocycles. The third kappa shape index (κ3) is 5.62. The summed E-state index contributed by atoms with van der Waals surface area (Å²) in [6, 6.07) is 13.3. The topological polar surface area (TPSA) is 63.2 Å². The van der Waals surface area contributed by atoms with E-state index >= 15 is 0 Å². The van der Waals surface area contributed by atoms with Crippen LogP contribution in [0.3, 0.4) is 0 Å². The normalized spacial score (nSPS) is 11.6. The second-order valence-corrected chi connectivity index (χ2v) is 5.20. The number of aromatic nitrogens is 1. The number of urea groups is 1. The second-order valence-electron chi connectivity index (χ2n) is 5.20. The molecule has 2 rings (SSSR count). The Morgan fingerprint density at radius 2 is 2.00 bits per heavy atom. The van der Waals surface area contributed by atoms with Gasteiger partial charge in [-0.05, 0) is 43.7 Å². The van der Waals surface area contributed by atoms with Crippen LogP contribution in [-0.2, 0) is 6.42 Å². The van der Waals surface area contributed by atoms with E-state index in [4.69, 9.17) is 4.74 Å². The maximum atomic E-state index is 11.9. The summed E-state index contributed by atoms with van der Waals surface area (Å²) in [4.78, 5) is 16.1. The standard InChI is InChI=1S/C18H23N3O2/c1-3-23-17-9-7-15(8-10-17)14(2)21-18(22)20-13-11-16-6-4-5-12-19-16/h4-10,12,14H,3,11,13H2,1-2H3,(H2,20,21,22). The van der Waals surface area contributed by atoms with E-state index in [1.165, 1.54) is 0 Å². The molecule has 2 N–H and O–H groups in total. The van der Waals surface area contributed by atoms with Crippen molar-refractivity contribution >= 4 is 6.03 Å². The van der Waals surface area contributed by atoms with Gasteiger partial charge < -0.3 is 15.4 Å². The first-order chi connectivity index (χ1) is 11.2. The maximum absolute atomic E-state index is 11.9. The minimum absolute atomic E-state index is 0.0690. The summed E-state index contributed by atoms with van der Waals surface area (Å²) >= 11 is 0. The smallest absolute Gasteiger partial charge is 0.315 e. The molecule has 0 aliphatic carbocycles. The molecule has 2 amide bonds. The molecule has 0 fully saturated rings. The number of rotatable bonds is 7. The van der Waals surface area contributed by atoms with Crippen molar-refractivity contribution in [1.29, 1.82) is 0 Å². The molecule has 2 aromatic rings. The fraction of sp³-hybridized carbons (Fsp3) is 0.333. The van der Waals surface area contributed by atoms with Crippen LogP contribution in [0.4, 0.5) is 4.79 Å². The van der Waals surface area contributed by atoms with Gasteiger partial charge in [-0.1, -0.05) is 18.2 Å². The lowest BCUT2D eigenvalue weighted by molar-refractivity contribution is 0.238. The molecule has 1 aromatic carbocycles. The van der Waals surface area contributed by atoms with Gasteiger partial charge in [0.15, 0.2) is 0 Å². The molecule has 0 aliphatic heterocycles. The van der Waals surface area contributed by atoms with E-state index in [9.17, 15) is 4.79 Å². The molecule has 122 valence electrons. The summed E-state index contributed by atoms with van der Waals surface area (Å²) in [6.07, 6.45) is 2.47. The van der Waals surface area contributed by atoms with Crippen molar-refractivity contribution in [2.24, 2.45) is 0 Å². The SMILES string of the molecule is CCOc1ccc(C(C)NC(=O)NCCc2ccccn2)cc1. The van der Waals surface area contributed by atoms with E-state index < -0.39 is 0 Å². The fourth-order valence-electron chi connectivity index (χ4n) is 2.20. The molecule has 1 aromatic heterocycles. The van der Waals surface area contributed by atoms with Gasteiger partial charge in [0.1, 0.15) is 5.75 Å². The summed E-state index contributed by atoms with van der Waals surface area (Å²) in [5.41, 5.74) is 2.00. The van der Waals surface area contributed by atoms with Crippen LogP contribution in [-0.4, -0.2) is 24.2 Å². The summed E-state index contributed by atoms with van der Waals surface area (Å²) in [7, 11) is 0. The van der Waals surface area contributed by atoms with Crippen LogP contribution in [0.2, 0.25) is 0 Å². The molecular formula is C18H23N3O2. The molecule has 0 bridgehead atoms. The van der Waals surface area contributed by atoms with Crippen LogP contribution in [0.15, 0.2) is 48.7 Å². The molecule has 1 unspecified atom stereocenters. The highest BCUT2D eigenvalue weighted by atomic mass is 16.5. The highest BCUT2D eigenvalue weighted by Gasteiger charge is 2.09. The molecule has 1 atom stereocenters. The number of hydrogen-bond donors (Lipinski definition) is 2. The van der Waals surface area contributed by atoms with E-state index in [2.05, 4.69) is 15.6 Å². The predicted molar refractivity (Wildman–Crippen MR) is 90.5 cm³/mol. The van der Waals surface area contributed by atoms with Gasteiger partial charge in [0.2, 0.25) is 0 Å². The van der Waals surface area contributed by atoms with E-state index in [1.807, 2.05) is 56.3 Å². The van der Waals surface area contributed by atoms with Crippen LogP contribution < -0.4 is 15.4 Å². The molecular weight excluding hydrogens is 290 g/mol. The number of hydrogen-bond acceptors (Lipinski definition) is 3. The van der Waals surface area contributed by atoms with E-state index in [0.29, 0.717) is 19.6 Å². The zero-order valence-corrected chi connectivity index (χ0v) is 13.6. The Kier molecular flexibility index (Phi) is 6.41. The number of nitrogens with zero attached hydrogens (tertiary/aromatic N) is 1. The summed E-state index contributed by atoms with van der Waals surface area (Å²) < 4.78 is 5.41. The number of carbonyl (C=O) groups is 1. The zero-order valence-electron chi connectivity index (χ0n) is 13.6. The van der Waals surface area contributed by atoms with E-state index in [0.717, 1.165) is 17.0 Å².